The van der Waals surface area contributed by atoms with Crippen LogP contribution in [0.3, 0.4) is 0 Å². The third kappa shape index (κ3) is 3.21. The summed E-state index contributed by atoms with van der Waals surface area (Å²) >= 11 is 0. The summed E-state index contributed by atoms with van der Waals surface area (Å²) in [6.07, 6.45) is 3.41. The van der Waals surface area contributed by atoms with Crippen LogP contribution in [0.4, 0.5) is 0 Å². The van der Waals surface area contributed by atoms with Crippen molar-refractivity contribution in [2.45, 2.75) is 13.0 Å². The van der Waals surface area contributed by atoms with Crippen LogP contribution in [0, 0.1) is 0 Å². The SMILES string of the molecule is CCOc1cc([C@@H](N)c2nc(-c3cccnc3)n[nH]2)ccc1OC. The Morgan fingerprint density at radius 3 is 2.83 bits per heavy atom. The molecule has 0 unspecified atom stereocenters. The van der Waals surface area contributed by atoms with Gasteiger partial charge >= 0.3 is 0 Å². The molecular formula is C17H19N5O2. The van der Waals surface area contributed by atoms with E-state index in [1.165, 1.54) is 0 Å². The largest absolute Gasteiger partial charge is 0.493 e. The molecule has 1 aromatic carbocycles. The summed E-state index contributed by atoms with van der Waals surface area (Å²) in [7, 11) is 1.61. The molecule has 3 rings (SSSR count). The van der Waals surface area contributed by atoms with E-state index in [1.54, 1.807) is 19.5 Å². The number of nitrogens with one attached hydrogen (secondary N) is 1. The van der Waals surface area contributed by atoms with Gasteiger partial charge in [0.1, 0.15) is 5.82 Å². The molecule has 2 aromatic heterocycles. The molecule has 124 valence electrons. The lowest BCUT2D eigenvalue weighted by molar-refractivity contribution is 0.310. The predicted molar refractivity (Wildman–Crippen MR) is 89.8 cm³/mol. The van der Waals surface area contributed by atoms with Gasteiger partial charge in [0.25, 0.3) is 0 Å². The van der Waals surface area contributed by atoms with Crippen molar-refractivity contribution in [2.75, 3.05) is 13.7 Å². The Hall–Kier alpha value is -2.93. The summed E-state index contributed by atoms with van der Waals surface area (Å²) < 4.78 is 10.9. The Bertz CT molecular complexity index is 804. The van der Waals surface area contributed by atoms with Gasteiger partial charge in [0.15, 0.2) is 17.3 Å². The van der Waals surface area contributed by atoms with Gasteiger partial charge in [0, 0.05) is 18.0 Å². The highest BCUT2D eigenvalue weighted by molar-refractivity contribution is 5.52. The van der Waals surface area contributed by atoms with E-state index in [9.17, 15) is 0 Å². The van der Waals surface area contributed by atoms with Crippen molar-refractivity contribution in [3.63, 3.8) is 0 Å². The Balaban J connectivity index is 1.88. The predicted octanol–water partition coefficient (Wildman–Crippen LogP) is 2.32. The lowest BCUT2D eigenvalue weighted by atomic mass is 10.1. The third-order valence-electron chi connectivity index (χ3n) is 3.56. The smallest absolute Gasteiger partial charge is 0.182 e. The number of aromatic amines is 1. The monoisotopic (exact) mass is 325 g/mol. The highest BCUT2D eigenvalue weighted by Gasteiger charge is 2.17. The number of methoxy groups -OCH3 is 1. The number of benzene rings is 1. The van der Waals surface area contributed by atoms with Gasteiger partial charge in [-0.05, 0) is 36.8 Å². The molecule has 2 heterocycles. The fourth-order valence-electron chi connectivity index (χ4n) is 2.35. The first-order valence-corrected chi connectivity index (χ1v) is 7.62. The van der Waals surface area contributed by atoms with E-state index in [4.69, 9.17) is 15.2 Å². The van der Waals surface area contributed by atoms with Crippen molar-refractivity contribution in [3.05, 3.63) is 54.1 Å². The van der Waals surface area contributed by atoms with E-state index < -0.39 is 6.04 Å². The first kappa shape index (κ1) is 15.9. The highest BCUT2D eigenvalue weighted by atomic mass is 16.5. The van der Waals surface area contributed by atoms with E-state index in [-0.39, 0.29) is 0 Å². The molecule has 0 amide bonds. The van der Waals surface area contributed by atoms with Crippen LogP contribution in [0.1, 0.15) is 24.4 Å². The van der Waals surface area contributed by atoms with Crippen LogP contribution in [-0.2, 0) is 0 Å². The summed E-state index contributed by atoms with van der Waals surface area (Å²) in [4.78, 5) is 8.54. The highest BCUT2D eigenvalue weighted by Crippen LogP contribution is 2.31. The summed E-state index contributed by atoms with van der Waals surface area (Å²) in [6.45, 7) is 2.46. The fraction of sp³-hybridized carbons (Fsp3) is 0.235. The molecule has 0 bridgehead atoms. The Morgan fingerprint density at radius 1 is 1.25 bits per heavy atom. The number of H-pyrrole nitrogens is 1. The van der Waals surface area contributed by atoms with Crippen molar-refractivity contribution in [3.8, 4) is 22.9 Å². The summed E-state index contributed by atoms with van der Waals surface area (Å²) in [5.74, 6) is 2.45. The number of aromatic nitrogens is 4. The van der Waals surface area contributed by atoms with Crippen molar-refractivity contribution >= 4 is 0 Å². The molecule has 7 heteroatoms. The van der Waals surface area contributed by atoms with Crippen LogP contribution < -0.4 is 15.2 Å². The zero-order valence-electron chi connectivity index (χ0n) is 13.6. The minimum absolute atomic E-state index is 0.451. The molecule has 0 aliphatic rings. The second-order valence-electron chi connectivity index (χ2n) is 5.11. The van der Waals surface area contributed by atoms with Crippen LogP contribution in [0.25, 0.3) is 11.4 Å². The van der Waals surface area contributed by atoms with E-state index in [2.05, 4.69) is 20.2 Å². The molecule has 0 saturated heterocycles. The molecular weight excluding hydrogens is 306 g/mol. The number of pyridine rings is 1. The van der Waals surface area contributed by atoms with Crippen LogP contribution in [0.2, 0.25) is 0 Å². The van der Waals surface area contributed by atoms with Crippen molar-refractivity contribution < 1.29 is 9.47 Å². The first-order valence-electron chi connectivity index (χ1n) is 7.62. The third-order valence-corrected chi connectivity index (χ3v) is 3.56. The summed E-state index contributed by atoms with van der Waals surface area (Å²) in [6, 6.07) is 8.86. The van der Waals surface area contributed by atoms with Gasteiger partial charge in [0.2, 0.25) is 0 Å². The lowest BCUT2D eigenvalue weighted by Gasteiger charge is -2.14. The Morgan fingerprint density at radius 2 is 2.12 bits per heavy atom. The minimum Gasteiger partial charge on any atom is -0.493 e. The van der Waals surface area contributed by atoms with Crippen LogP contribution in [-0.4, -0.2) is 33.9 Å². The van der Waals surface area contributed by atoms with E-state index in [1.807, 2.05) is 37.3 Å². The molecule has 0 aliphatic carbocycles. The quantitative estimate of drug-likeness (QED) is 0.721. The average molecular weight is 325 g/mol. The molecule has 7 nitrogen and oxygen atoms in total. The van der Waals surface area contributed by atoms with Gasteiger partial charge in [-0.1, -0.05) is 6.07 Å². The molecule has 1 atom stereocenters. The number of nitrogens with two attached hydrogens (primary N) is 1. The van der Waals surface area contributed by atoms with Gasteiger partial charge in [-0.2, -0.15) is 5.10 Å². The summed E-state index contributed by atoms with van der Waals surface area (Å²) in [5.41, 5.74) is 8.00. The van der Waals surface area contributed by atoms with Crippen molar-refractivity contribution in [1.82, 2.24) is 20.2 Å². The molecule has 0 fully saturated rings. The molecule has 3 aromatic rings. The zero-order valence-corrected chi connectivity index (χ0v) is 13.6. The Labute approximate surface area is 139 Å². The standard InChI is InChI=1S/C17H19N5O2/c1-3-24-14-9-11(6-7-13(14)23-2)15(18)17-20-16(21-22-17)12-5-4-8-19-10-12/h4-10,15H,3,18H2,1-2H3,(H,20,21,22)/t15-/m1/s1. The van der Waals surface area contributed by atoms with E-state index >= 15 is 0 Å². The molecule has 0 saturated carbocycles. The van der Waals surface area contributed by atoms with E-state index in [0.717, 1.165) is 11.1 Å². The minimum atomic E-state index is -0.451. The summed E-state index contributed by atoms with van der Waals surface area (Å²) in [5, 5.41) is 7.11. The van der Waals surface area contributed by atoms with Crippen LogP contribution in [0.5, 0.6) is 11.5 Å². The van der Waals surface area contributed by atoms with Gasteiger partial charge in [0.05, 0.1) is 19.8 Å². The molecule has 0 aliphatic heterocycles. The number of hydrogen-bond donors (Lipinski definition) is 2. The van der Waals surface area contributed by atoms with Crippen molar-refractivity contribution in [1.29, 1.82) is 0 Å². The molecule has 0 radical (unpaired) electrons. The molecule has 0 spiro atoms. The van der Waals surface area contributed by atoms with Gasteiger partial charge in [-0.15, -0.1) is 0 Å². The van der Waals surface area contributed by atoms with Gasteiger partial charge in [-0.3, -0.25) is 10.1 Å². The van der Waals surface area contributed by atoms with Crippen LogP contribution in [0.15, 0.2) is 42.7 Å². The van der Waals surface area contributed by atoms with Gasteiger partial charge < -0.3 is 15.2 Å². The zero-order chi connectivity index (χ0) is 16.9. The van der Waals surface area contributed by atoms with Gasteiger partial charge in [-0.25, -0.2) is 4.98 Å². The number of nitrogens with zero attached hydrogens (tertiary/aromatic N) is 3. The Kier molecular flexibility index (Phi) is 4.72. The topological polar surface area (TPSA) is 98.9 Å². The average Bonchev–Trinajstić information content (AvgIpc) is 3.12. The normalized spacial score (nSPS) is 12.0. The fourth-order valence-corrected chi connectivity index (χ4v) is 2.35. The first-order chi connectivity index (χ1) is 11.7. The van der Waals surface area contributed by atoms with Crippen LogP contribution >= 0.6 is 0 Å². The second-order valence-corrected chi connectivity index (χ2v) is 5.11. The van der Waals surface area contributed by atoms with E-state index in [0.29, 0.717) is 29.8 Å². The van der Waals surface area contributed by atoms with Crippen molar-refractivity contribution in [2.24, 2.45) is 5.73 Å². The second kappa shape index (κ2) is 7.10. The number of rotatable bonds is 6. The lowest BCUT2D eigenvalue weighted by Crippen LogP contribution is -2.14. The number of ether oxygens (including phenoxy) is 2. The number of hydrogen-bond acceptors (Lipinski definition) is 6. The molecule has 3 N–H and O–H groups in total. The maximum absolute atomic E-state index is 6.32. The maximum Gasteiger partial charge on any atom is 0.182 e. The molecule has 24 heavy (non-hydrogen) atoms. The maximum atomic E-state index is 6.32.